The zero-order valence-corrected chi connectivity index (χ0v) is 12.7. The van der Waals surface area contributed by atoms with E-state index in [4.69, 9.17) is 0 Å². The van der Waals surface area contributed by atoms with Crippen LogP contribution in [-0.4, -0.2) is 17.8 Å². The molecule has 0 saturated heterocycles. The van der Waals surface area contributed by atoms with Crippen molar-refractivity contribution in [2.24, 2.45) is 0 Å². The molecule has 0 amide bonds. The fourth-order valence-electron chi connectivity index (χ4n) is 2.74. The molecule has 1 aliphatic heterocycles. The zero-order chi connectivity index (χ0) is 13.8. The summed E-state index contributed by atoms with van der Waals surface area (Å²) < 4.78 is 0. The van der Waals surface area contributed by atoms with Gasteiger partial charge in [0.25, 0.3) is 0 Å². The van der Waals surface area contributed by atoms with Crippen LogP contribution in [0.3, 0.4) is 0 Å². The highest BCUT2D eigenvalue weighted by molar-refractivity contribution is 8.00. The minimum Gasteiger partial charge on any atom is -0.313 e. The molecule has 2 atom stereocenters. The molecule has 0 radical (unpaired) electrons. The fraction of sp³-hybridized carbons (Fsp3) is 0.333. The predicted octanol–water partition coefficient (Wildman–Crippen LogP) is 3.92. The molecule has 0 aromatic heterocycles. The highest BCUT2D eigenvalue weighted by atomic mass is 32.2. The Morgan fingerprint density at radius 3 is 2.65 bits per heavy atom. The van der Waals surface area contributed by atoms with Gasteiger partial charge in [0, 0.05) is 22.7 Å². The average molecular weight is 283 g/mol. The molecule has 2 aromatic rings. The van der Waals surface area contributed by atoms with Gasteiger partial charge in [0.2, 0.25) is 0 Å². The van der Waals surface area contributed by atoms with E-state index in [1.807, 2.05) is 11.8 Å². The lowest BCUT2D eigenvalue weighted by Crippen LogP contribution is -2.33. The standard InChI is InChI=1S/C18H21NS/c1-14(11-15-7-3-2-4-8-15)19-13-17-12-16-9-5-6-10-18(16)20-17/h2-10,14,17,19H,11-13H2,1H3. The Balaban J connectivity index is 1.47. The molecular weight excluding hydrogens is 262 g/mol. The smallest absolute Gasteiger partial charge is 0.0260 e. The van der Waals surface area contributed by atoms with Gasteiger partial charge < -0.3 is 5.32 Å². The van der Waals surface area contributed by atoms with Crippen molar-refractivity contribution in [1.29, 1.82) is 0 Å². The zero-order valence-electron chi connectivity index (χ0n) is 11.9. The summed E-state index contributed by atoms with van der Waals surface area (Å²) >= 11 is 2.02. The van der Waals surface area contributed by atoms with E-state index in [1.165, 1.54) is 22.4 Å². The van der Waals surface area contributed by atoms with Crippen LogP contribution in [0.1, 0.15) is 18.1 Å². The lowest BCUT2D eigenvalue weighted by molar-refractivity contribution is 0.541. The average Bonchev–Trinajstić information content (AvgIpc) is 2.89. The Morgan fingerprint density at radius 1 is 1.10 bits per heavy atom. The van der Waals surface area contributed by atoms with E-state index in [2.05, 4.69) is 66.8 Å². The molecule has 0 spiro atoms. The second-order valence-corrected chi connectivity index (χ2v) is 6.89. The van der Waals surface area contributed by atoms with Crippen LogP contribution >= 0.6 is 11.8 Å². The number of fused-ring (bicyclic) bond motifs is 1. The quantitative estimate of drug-likeness (QED) is 0.892. The van der Waals surface area contributed by atoms with Gasteiger partial charge in [0.05, 0.1) is 0 Å². The monoisotopic (exact) mass is 283 g/mol. The van der Waals surface area contributed by atoms with Gasteiger partial charge in [-0.3, -0.25) is 0 Å². The summed E-state index contributed by atoms with van der Waals surface area (Å²) in [4.78, 5) is 1.47. The van der Waals surface area contributed by atoms with Crippen LogP contribution < -0.4 is 5.32 Å². The number of hydrogen-bond donors (Lipinski definition) is 1. The summed E-state index contributed by atoms with van der Waals surface area (Å²) in [7, 11) is 0. The molecule has 0 bridgehead atoms. The van der Waals surface area contributed by atoms with Crippen LogP contribution in [0.4, 0.5) is 0 Å². The molecule has 1 nitrogen and oxygen atoms in total. The van der Waals surface area contributed by atoms with Crippen molar-refractivity contribution in [2.45, 2.75) is 36.0 Å². The van der Waals surface area contributed by atoms with Crippen molar-refractivity contribution >= 4 is 11.8 Å². The first-order valence-corrected chi connectivity index (χ1v) is 8.21. The Kier molecular flexibility index (Phi) is 4.44. The van der Waals surface area contributed by atoms with Crippen molar-refractivity contribution in [2.75, 3.05) is 6.54 Å². The number of hydrogen-bond acceptors (Lipinski definition) is 2. The second-order valence-electron chi connectivity index (χ2n) is 5.55. The van der Waals surface area contributed by atoms with Crippen molar-refractivity contribution in [3.05, 3.63) is 65.7 Å². The van der Waals surface area contributed by atoms with Crippen molar-refractivity contribution in [1.82, 2.24) is 5.32 Å². The molecule has 0 saturated carbocycles. The lowest BCUT2D eigenvalue weighted by Gasteiger charge is -2.16. The lowest BCUT2D eigenvalue weighted by atomic mass is 10.1. The normalized spacial score (nSPS) is 18.8. The van der Waals surface area contributed by atoms with E-state index >= 15 is 0 Å². The summed E-state index contributed by atoms with van der Waals surface area (Å²) in [5, 5.41) is 4.37. The summed E-state index contributed by atoms with van der Waals surface area (Å²) in [5.41, 5.74) is 2.93. The van der Waals surface area contributed by atoms with Gasteiger partial charge in [-0.05, 0) is 37.0 Å². The Labute approximate surface area is 125 Å². The Morgan fingerprint density at radius 2 is 1.85 bits per heavy atom. The number of rotatable bonds is 5. The first kappa shape index (κ1) is 13.7. The van der Waals surface area contributed by atoms with Crippen molar-refractivity contribution in [3.8, 4) is 0 Å². The largest absolute Gasteiger partial charge is 0.313 e. The molecule has 1 aliphatic rings. The third kappa shape index (κ3) is 3.44. The maximum atomic E-state index is 3.69. The first-order valence-electron chi connectivity index (χ1n) is 7.33. The van der Waals surface area contributed by atoms with Crippen molar-refractivity contribution < 1.29 is 0 Å². The fourth-order valence-corrected chi connectivity index (χ4v) is 4.00. The number of benzene rings is 2. The van der Waals surface area contributed by atoms with Gasteiger partial charge in [0.1, 0.15) is 0 Å². The summed E-state index contributed by atoms with van der Waals surface area (Å²) in [5.74, 6) is 0. The molecule has 0 aliphatic carbocycles. The maximum Gasteiger partial charge on any atom is 0.0260 e. The van der Waals surface area contributed by atoms with Gasteiger partial charge in [-0.1, -0.05) is 48.5 Å². The molecule has 2 heteroatoms. The SMILES string of the molecule is CC(Cc1ccccc1)NCC1Cc2ccccc2S1. The number of nitrogens with one attached hydrogen (secondary N) is 1. The summed E-state index contributed by atoms with van der Waals surface area (Å²) in [6.45, 7) is 3.37. The van der Waals surface area contributed by atoms with E-state index < -0.39 is 0 Å². The molecule has 1 heterocycles. The molecule has 104 valence electrons. The van der Waals surface area contributed by atoms with Gasteiger partial charge in [-0.15, -0.1) is 11.8 Å². The van der Waals surface area contributed by atoms with E-state index in [9.17, 15) is 0 Å². The van der Waals surface area contributed by atoms with Crippen LogP contribution in [0, 0.1) is 0 Å². The van der Waals surface area contributed by atoms with Gasteiger partial charge in [-0.25, -0.2) is 0 Å². The molecule has 20 heavy (non-hydrogen) atoms. The predicted molar refractivity (Wildman–Crippen MR) is 87.4 cm³/mol. The van der Waals surface area contributed by atoms with Crippen LogP contribution in [-0.2, 0) is 12.8 Å². The highest BCUT2D eigenvalue weighted by Crippen LogP contribution is 2.36. The van der Waals surface area contributed by atoms with Gasteiger partial charge >= 0.3 is 0 Å². The van der Waals surface area contributed by atoms with Crippen LogP contribution in [0.5, 0.6) is 0 Å². The molecule has 1 N–H and O–H groups in total. The van der Waals surface area contributed by atoms with E-state index in [-0.39, 0.29) is 0 Å². The van der Waals surface area contributed by atoms with Gasteiger partial charge in [-0.2, -0.15) is 0 Å². The summed E-state index contributed by atoms with van der Waals surface area (Å²) in [6, 6.07) is 20.0. The molecule has 2 unspecified atom stereocenters. The van der Waals surface area contributed by atoms with E-state index in [0.29, 0.717) is 11.3 Å². The molecule has 0 fully saturated rings. The maximum absolute atomic E-state index is 3.69. The van der Waals surface area contributed by atoms with Crippen LogP contribution in [0.25, 0.3) is 0 Å². The molecule has 3 rings (SSSR count). The van der Waals surface area contributed by atoms with Gasteiger partial charge in [0.15, 0.2) is 0 Å². The van der Waals surface area contributed by atoms with Crippen molar-refractivity contribution in [3.63, 3.8) is 0 Å². The van der Waals surface area contributed by atoms with Crippen LogP contribution in [0.15, 0.2) is 59.5 Å². The summed E-state index contributed by atoms with van der Waals surface area (Å²) in [6.07, 6.45) is 2.30. The minimum absolute atomic E-state index is 0.529. The molecular formula is C18H21NS. The van der Waals surface area contributed by atoms with Crippen LogP contribution in [0.2, 0.25) is 0 Å². The Hall–Kier alpha value is -1.25. The number of thioether (sulfide) groups is 1. The molecule has 2 aromatic carbocycles. The van der Waals surface area contributed by atoms with E-state index in [1.54, 1.807) is 0 Å². The first-order chi connectivity index (χ1) is 9.81. The third-order valence-corrected chi connectivity index (χ3v) is 5.11. The third-order valence-electron chi connectivity index (χ3n) is 3.79. The topological polar surface area (TPSA) is 12.0 Å². The van der Waals surface area contributed by atoms with E-state index in [0.717, 1.165) is 13.0 Å². The highest BCUT2D eigenvalue weighted by Gasteiger charge is 2.21. The Bertz CT molecular complexity index is 527. The second kappa shape index (κ2) is 6.47. The minimum atomic E-state index is 0.529.